The molecule has 15 heteroatoms. The fourth-order valence-corrected chi connectivity index (χ4v) is 0.974. The van der Waals surface area contributed by atoms with Crippen LogP contribution in [-0.2, 0) is 19.1 Å². The Morgan fingerprint density at radius 2 is 1.29 bits per heavy atom. The predicted molar refractivity (Wildman–Crippen MR) is 122 cm³/mol. The summed E-state index contributed by atoms with van der Waals surface area (Å²) in [6, 6.07) is -0.275. The molecule has 0 aliphatic heterocycles. The summed E-state index contributed by atoms with van der Waals surface area (Å²) in [4.78, 5) is 44.8. The molecule has 0 spiro atoms. The number of nitrogens with zero attached hydrogens (tertiary/aromatic N) is 2. The van der Waals surface area contributed by atoms with Crippen LogP contribution >= 0.6 is 11.6 Å². The van der Waals surface area contributed by atoms with E-state index < -0.39 is 30.2 Å². The molecule has 0 atom stereocenters. The van der Waals surface area contributed by atoms with Crippen molar-refractivity contribution >= 4 is 34.9 Å². The molecule has 0 aromatic heterocycles. The SMILES string of the molecule is C.CCOC(=O)/C=C(/C)NC(=O)N(C)C.CCOC(=O)/C=C(\N)F.CN(C)C(=O)Cl.FCF.[H-].[Na+]. The number of allylic oxidation sites excluding steroid dienone is 1. The van der Waals surface area contributed by atoms with Crippen molar-refractivity contribution in [3.63, 3.8) is 0 Å². The molecule has 34 heavy (non-hydrogen) atoms. The van der Waals surface area contributed by atoms with Crippen LogP contribution in [0, 0.1) is 0 Å². The van der Waals surface area contributed by atoms with Gasteiger partial charge in [-0.05, 0) is 32.4 Å². The first-order valence-electron chi connectivity index (χ1n) is 8.81. The summed E-state index contributed by atoms with van der Waals surface area (Å²) in [6.45, 7) is 3.77. The van der Waals surface area contributed by atoms with Crippen molar-refractivity contribution in [1.82, 2.24) is 15.1 Å². The van der Waals surface area contributed by atoms with Gasteiger partial charge in [-0.1, -0.05) is 7.43 Å². The number of carbonyl (C=O) groups is 4. The maximum Gasteiger partial charge on any atom is 1.00 e. The van der Waals surface area contributed by atoms with Crippen molar-refractivity contribution in [1.29, 1.82) is 0 Å². The molecule has 0 aliphatic rings. The largest absolute Gasteiger partial charge is 1.00 e. The van der Waals surface area contributed by atoms with Crippen LogP contribution in [0.2, 0.25) is 0 Å². The van der Waals surface area contributed by atoms with Gasteiger partial charge >= 0.3 is 52.9 Å². The summed E-state index contributed by atoms with van der Waals surface area (Å²) in [7, 11) is 6.42. The molecular formula is C19H37ClF3N4NaO6. The summed E-state index contributed by atoms with van der Waals surface area (Å²) < 4.78 is 39.9. The molecule has 0 saturated heterocycles. The maximum absolute atomic E-state index is 11.6. The van der Waals surface area contributed by atoms with E-state index in [1.807, 2.05) is 0 Å². The minimum atomic E-state index is -1.75. The summed E-state index contributed by atoms with van der Waals surface area (Å²) in [5.41, 5.74) is 4.98. The van der Waals surface area contributed by atoms with Crippen molar-refractivity contribution in [2.24, 2.45) is 5.73 Å². The molecular weight excluding hydrogens is 496 g/mol. The van der Waals surface area contributed by atoms with E-state index in [4.69, 9.17) is 11.6 Å². The fraction of sp³-hybridized carbons (Fsp3) is 0.579. The molecule has 0 heterocycles. The number of alkyl halides is 2. The van der Waals surface area contributed by atoms with E-state index in [-0.39, 0.29) is 51.0 Å². The van der Waals surface area contributed by atoms with E-state index in [1.165, 1.54) is 15.9 Å². The number of nitrogens with two attached hydrogens (primary N) is 1. The second-order valence-corrected chi connectivity index (χ2v) is 5.76. The minimum absolute atomic E-state index is 0. The Morgan fingerprint density at radius 3 is 1.53 bits per heavy atom. The Kier molecular flexibility index (Phi) is 41.6. The van der Waals surface area contributed by atoms with Gasteiger partial charge in [-0.15, -0.1) is 0 Å². The zero-order valence-electron chi connectivity index (χ0n) is 21.2. The molecule has 3 amide bonds. The number of hydrogen-bond donors (Lipinski definition) is 2. The van der Waals surface area contributed by atoms with Crippen molar-refractivity contribution in [3.05, 3.63) is 23.8 Å². The quantitative estimate of drug-likeness (QED) is 0.174. The van der Waals surface area contributed by atoms with Crippen molar-refractivity contribution in [2.45, 2.75) is 28.2 Å². The number of esters is 2. The van der Waals surface area contributed by atoms with Crippen LogP contribution in [0.3, 0.4) is 0 Å². The molecule has 0 aromatic rings. The Labute approximate surface area is 228 Å². The summed E-state index contributed by atoms with van der Waals surface area (Å²) in [5, 5.41) is 2.08. The zero-order valence-corrected chi connectivity index (χ0v) is 23.0. The molecule has 0 unspecified atom stereocenters. The second-order valence-electron chi connectivity index (χ2n) is 5.43. The normalized spacial score (nSPS) is 9.26. The molecule has 10 nitrogen and oxygen atoms in total. The van der Waals surface area contributed by atoms with Crippen LogP contribution < -0.4 is 40.6 Å². The molecule has 0 rings (SSSR count). The van der Waals surface area contributed by atoms with Gasteiger partial charge in [-0.25, -0.2) is 23.2 Å². The first-order valence-corrected chi connectivity index (χ1v) is 9.19. The third-order valence-corrected chi connectivity index (χ3v) is 2.56. The first kappa shape index (κ1) is 45.5. The molecule has 0 bridgehead atoms. The van der Waals surface area contributed by atoms with Gasteiger partial charge in [0.15, 0.2) is 5.95 Å². The number of halogens is 4. The molecule has 0 fully saturated rings. The van der Waals surface area contributed by atoms with Gasteiger partial charge in [0.2, 0.25) is 6.93 Å². The second kappa shape index (κ2) is 31.0. The predicted octanol–water partition coefficient (Wildman–Crippen LogP) is 0.586. The monoisotopic (exact) mass is 532 g/mol. The van der Waals surface area contributed by atoms with E-state index in [1.54, 1.807) is 49.0 Å². The van der Waals surface area contributed by atoms with Crippen molar-refractivity contribution < 1.29 is 72.8 Å². The average molecular weight is 533 g/mol. The van der Waals surface area contributed by atoms with Crippen LogP contribution in [0.15, 0.2) is 23.8 Å². The summed E-state index contributed by atoms with van der Waals surface area (Å²) in [5.74, 6) is -2.24. The van der Waals surface area contributed by atoms with E-state index in [0.717, 1.165) is 0 Å². The van der Waals surface area contributed by atoms with Gasteiger partial charge in [-0.3, -0.25) is 4.79 Å². The Morgan fingerprint density at radius 1 is 0.971 bits per heavy atom. The molecule has 0 aromatic carbocycles. The van der Waals surface area contributed by atoms with Gasteiger partial charge < -0.3 is 31.8 Å². The number of urea groups is 1. The van der Waals surface area contributed by atoms with Gasteiger partial charge in [0.05, 0.1) is 19.3 Å². The fourth-order valence-electron chi connectivity index (χ4n) is 0.974. The van der Waals surface area contributed by atoms with Crippen LogP contribution in [-0.4, -0.2) is 81.5 Å². The number of rotatable bonds is 5. The average Bonchev–Trinajstić information content (AvgIpc) is 2.62. The molecule has 0 aliphatic carbocycles. The van der Waals surface area contributed by atoms with Crippen LogP contribution in [0.5, 0.6) is 0 Å². The van der Waals surface area contributed by atoms with Gasteiger partial charge in [0.1, 0.15) is 0 Å². The van der Waals surface area contributed by atoms with Crippen molar-refractivity contribution in [3.8, 4) is 0 Å². The van der Waals surface area contributed by atoms with Crippen LogP contribution in [0.1, 0.15) is 29.6 Å². The van der Waals surface area contributed by atoms with Crippen LogP contribution in [0.25, 0.3) is 0 Å². The third kappa shape index (κ3) is 43.8. The minimum Gasteiger partial charge on any atom is -1.00 e. The zero-order chi connectivity index (χ0) is 26.3. The van der Waals surface area contributed by atoms with Gasteiger partial charge in [0.25, 0.3) is 0 Å². The molecule has 0 radical (unpaired) electrons. The Bertz CT molecular complexity index is 627. The van der Waals surface area contributed by atoms with E-state index >= 15 is 0 Å². The molecule has 3 N–H and O–H groups in total. The number of nitrogens with one attached hydrogen (secondary N) is 1. The number of hydrogen-bond acceptors (Lipinski definition) is 7. The maximum atomic E-state index is 11.6. The number of amides is 3. The summed E-state index contributed by atoms with van der Waals surface area (Å²) >= 11 is 4.90. The Hall–Kier alpha value is -1.96. The topological polar surface area (TPSA) is 131 Å². The van der Waals surface area contributed by atoms with Crippen molar-refractivity contribution in [2.75, 3.05) is 48.3 Å². The smallest absolute Gasteiger partial charge is 1.00 e. The first-order chi connectivity index (χ1) is 14.7. The van der Waals surface area contributed by atoms with E-state index in [0.29, 0.717) is 18.4 Å². The van der Waals surface area contributed by atoms with E-state index in [9.17, 15) is 32.3 Å². The van der Waals surface area contributed by atoms with Gasteiger partial charge in [-0.2, -0.15) is 4.39 Å². The molecule has 0 saturated carbocycles. The van der Waals surface area contributed by atoms with Crippen LogP contribution in [0.4, 0.5) is 22.8 Å². The van der Waals surface area contributed by atoms with Gasteiger partial charge in [0, 0.05) is 40.0 Å². The van der Waals surface area contributed by atoms with E-state index in [2.05, 4.69) is 20.5 Å². The molecule has 198 valence electrons. The standard InChI is InChI=1S/C9H16N2O3.C5H8FNO2.C3H6ClNO.CH2F2.CH4.Na.H/c1-5-14-8(12)6-7(2)10-9(13)11(3)4;1-2-9-5(8)3-4(6)7;1-5(2)3(4)6;2-1-3;;;/h6H,5H2,1-4H3,(H,10,13);3H,2,7H2,1H3;1-2H3;1H2;1H4;;/q;;;;;+1;-1/b7-6-;4-3-;;;;;. The number of carbonyl (C=O) groups excluding carboxylic acids is 4. The third-order valence-electron chi connectivity index (χ3n) is 2.23. The Balaban J connectivity index is -0.0000000651. The summed E-state index contributed by atoms with van der Waals surface area (Å²) in [6.07, 6.45) is 1.83. The number of ether oxygens (including phenoxy) is 2.